The van der Waals surface area contributed by atoms with Crippen molar-refractivity contribution < 1.29 is 46.8 Å². The number of halogens is 2. The molecule has 6 heterocycles. The number of ether oxygens (including phenoxy) is 2. The van der Waals surface area contributed by atoms with Crippen molar-refractivity contribution in [2.75, 3.05) is 31.7 Å². The van der Waals surface area contributed by atoms with E-state index in [2.05, 4.69) is 40.1 Å². The van der Waals surface area contributed by atoms with Gasteiger partial charge in [-0.25, -0.2) is 48.9 Å². The molecule has 0 radical (unpaired) electrons. The Morgan fingerprint density at radius 2 is 1.80 bits per heavy atom. The number of fused-ring (bicyclic) bond motifs is 2. The number of carbonyl (C=O) groups excluding carboxylic acids is 1. The number of hydrogen-bond acceptors (Lipinski definition) is 14. The standard InChI is InChI=1S/C28H36BF2N10O9P/c1-12(2)24(44)38-28-37-23-19(25(45)39-28)36-11-41(23)26-16(30)20(43)15(49-26)8-47-51(29,46-6-5-32-4)50-21-14(7-42)48-27(17(21)31)40-10-35-18-13(3)33-9-34-22(18)40/h9-12,14-17,20-21,26-27,42-43H,5-8H2,1-3,29H3,(H2,37,38,39,44,45)/t14-,15-,16+,17+,20?,21?,26-,27-,51?/m1/s1. The molecule has 1 amide bonds. The van der Waals surface area contributed by atoms with Crippen molar-refractivity contribution in [2.45, 2.75) is 70.0 Å². The largest absolute Gasteiger partial charge is 0.394 e. The maximum Gasteiger partial charge on any atom is 0.280 e. The van der Waals surface area contributed by atoms with Gasteiger partial charge in [-0.15, -0.1) is 0 Å². The summed E-state index contributed by atoms with van der Waals surface area (Å²) >= 11 is 0. The number of amides is 1. The van der Waals surface area contributed by atoms with E-state index in [1.165, 1.54) is 17.2 Å². The third kappa shape index (κ3) is 7.20. The van der Waals surface area contributed by atoms with E-state index >= 15 is 8.78 Å². The van der Waals surface area contributed by atoms with Gasteiger partial charge in [-0.1, -0.05) is 13.8 Å². The summed E-state index contributed by atoms with van der Waals surface area (Å²) in [5, 5.41) is 23.5. The number of anilines is 1. The fraction of sp³-hybridized carbons (Fsp3) is 0.571. The van der Waals surface area contributed by atoms with Gasteiger partial charge in [0, 0.05) is 5.92 Å². The average molecular weight is 736 g/mol. The number of aliphatic hydroxyl groups is 2. The van der Waals surface area contributed by atoms with Gasteiger partial charge >= 0.3 is 0 Å². The molecule has 3 unspecified atom stereocenters. The third-order valence-electron chi connectivity index (χ3n) is 7.98. The van der Waals surface area contributed by atoms with Crippen molar-refractivity contribution >= 4 is 49.6 Å². The van der Waals surface area contributed by atoms with E-state index in [9.17, 15) is 19.8 Å². The van der Waals surface area contributed by atoms with E-state index in [4.69, 9.17) is 29.6 Å². The van der Waals surface area contributed by atoms with E-state index in [-0.39, 0.29) is 30.3 Å². The molecule has 0 saturated carbocycles. The molecule has 9 atom stereocenters. The summed E-state index contributed by atoms with van der Waals surface area (Å²) in [5.41, 5.74) is 0.401. The minimum absolute atomic E-state index is 0.0520. The Morgan fingerprint density at radius 1 is 1.12 bits per heavy atom. The van der Waals surface area contributed by atoms with Gasteiger partial charge in [0.05, 0.1) is 25.0 Å². The molecule has 0 aromatic carbocycles. The lowest BCUT2D eigenvalue weighted by Gasteiger charge is -2.30. The van der Waals surface area contributed by atoms with Gasteiger partial charge in [-0.2, -0.15) is 4.98 Å². The minimum Gasteiger partial charge on any atom is -0.394 e. The van der Waals surface area contributed by atoms with E-state index in [0.717, 1.165) is 10.9 Å². The van der Waals surface area contributed by atoms with Gasteiger partial charge in [0.1, 0.15) is 36.8 Å². The molecule has 4 aromatic rings. The zero-order valence-electron chi connectivity index (χ0n) is 26.8. The summed E-state index contributed by atoms with van der Waals surface area (Å²) in [6.45, 7) is 10.9. The van der Waals surface area contributed by atoms with E-state index in [1.54, 1.807) is 20.8 Å². The first kappa shape index (κ1) is 36.7. The number of imidazole rings is 2. The fourth-order valence-corrected chi connectivity index (χ4v) is 6.48. The van der Waals surface area contributed by atoms with Crippen molar-refractivity contribution in [1.82, 2.24) is 39.0 Å². The van der Waals surface area contributed by atoms with Crippen molar-refractivity contribution in [3.05, 3.63) is 46.4 Å². The zero-order chi connectivity index (χ0) is 36.6. The van der Waals surface area contributed by atoms with Gasteiger partial charge in [0.25, 0.3) is 5.56 Å². The summed E-state index contributed by atoms with van der Waals surface area (Å²) in [7, 11) is -4.46. The third-order valence-corrected chi connectivity index (χ3v) is 9.15. The molecule has 2 aliphatic heterocycles. The van der Waals surface area contributed by atoms with Crippen LogP contribution < -0.4 is 10.9 Å². The lowest BCUT2D eigenvalue weighted by atomic mass is 10.1. The number of carbonyl (C=O) groups is 1. The van der Waals surface area contributed by atoms with Crippen LogP contribution in [0.5, 0.6) is 0 Å². The number of nitrogens with one attached hydrogen (secondary N) is 2. The second kappa shape index (κ2) is 14.9. The Hall–Kier alpha value is -4.07. The SMILES string of the molecule is [BH3-][P+](OCC[N+]#[C-])(OC[C@H]1O[C@@H](n2cnc3c(=O)[nH]c(NC(=O)C(C)C)nc32)[C@@H](F)C1O)OC1[C@@H](CO)O[C@@H](n2cnc3c(C)ncnc32)[C@H]1F. The Kier molecular flexibility index (Phi) is 10.7. The summed E-state index contributed by atoms with van der Waals surface area (Å²) in [4.78, 5) is 51.4. The maximum atomic E-state index is 16.2. The van der Waals surface area contributed by atoms with E-state index < -0.39 is 95.2 Å². The molecule has 2 saturated heterocycles. The smallest absolute Gasteiger partial charge is 0.280 e. The topological polar surface area (TPSA) is 227 Å². The molecular weight excluding hydrogens is 700 g/mol. The minimum atomic E-state index is -3.35. The lowest BCUT2D eigenvalue weighted by molar-refractivity contribution is -0.118. The van der Waals surface area contributed by atoms with E-state index in [1.807, 2.05) is 0 Å². The molecule has 19 nitrogen and oxygen atoms in total. The molecule has 0 spiro atoms. The average Bonchev–Trinajstić information content (AvgIpc) is 3.86. The predicted molar refractivity (Wildman–Crippen MR) is 177 cm³/mol. The van der Waals surface area contributed by atoms with E-state index in [0.29, 0.717) is 16.9 Å². The fourth-order valence-electron chi connectivity index (χ4n) is 5.34. The second-order valence-electron chi connectivity index (χ2n) is 11.7. The highest BCUT2D eigenvalue weighted by atomic mass is 31.2. The first-order chi connectivity index (χ1) is 24.4. The van der Waals surface area contributed by atoms with Crippen LogP contribution in [0.1, 0.15) is 32.0 Å². The van der Waals surface area contributed by atoms with Gasteiger partial charge in [0.2, 0.25) is 33.8 Å². The van der Waals surface area contributed by atoms with Crippen LogP contribution in [0.3, 0.4) is 0 Å². The van der Waals surface area contributed by atoms with Crippen LogP contribution in [0.4, 0.5) is 14.7 Å². The summed E-state index contributed by atoms with van der Waals surface area (Å²) in [5.74, 6) is -1.02. The molecule has 274 valence electrons. The summed E-state index contributed by atoms with van der Waals surface area (Å²) < 4.78 is 64.3. The number of alkyl halides is 2. The van der Waals surface area contributed by atoms with Gasteiger partial charge in [-0.05, 0) is 6.92 Å². The monoisotopic (exact) mass is 736 g/mol. The number of rotatable bonds is 13. The van der Waals surface area contributed by atoms with Crippen LogP contribution in [-0.2, 0) is 27.8 Å². The highest BCUT2D eigenvalue weighted by molar-refractivity contribution is 7.85. The molecule has 23 heteroatoms. The molecule has 2 fully saturated rings. The molecule has 6 rings (SSSR count). The van der Waals surface area contributed by atoms with Gasteiger partial charge in [-0.3, -0.25) is 29.0 Å². The van der Waals surface area contributed by atoms with Crippen molar-refractivity contribution in [1.29, 1.82) is 0 Å². The van der Waals surface area contributed by atoms with Crippen molar-refractivity contribution in [3.8, 4) is 0 Å². The number of aromatic nitrogens is 8. The highest BCUT2D eigenvalue weighted by Crippen LogP contribution is 2.60. The second-order valence-corrected chi connectivity index (χ2v) is 12.8. The number of aromatic amines is 1. The number of hydrogen-bond donors (Lipinski definition) is 4. The van der Waals surface area contributed by atoms with Crippen LogP contribution in [0.25, 0.3) is 27.2 Å². The Morgan fingerprint density at radius 3 is 2.51 bits per heavy atom. The normalized spacial score (nSPS) is 27.7. The van der Waals surface area contributed by atoms with Crippen LogP contribution in [0.15, 0.2) is 23.8 Å². The number of nitrogens with zero attached hydrogens (tertiary/aromatic N) is 8. The maximum absolute atomic E-state index is 16.2. The Labute approximate surface area is 289 Å². The predicted octanol–water partition coefficient (Wildman–Crippen LogP) is 0.0673. The quantitative estimate of drug-likeness (QED) is 0.0617. The Bertz CT molecular complexity index is 2000. The van der Waals surface area contributed by atoms with Crippen molar-refractivity contribution in [3.63, 3.8) is 0 Å². The highest BCUT2D eigenvalue weighted by Gasteiger charge is 2.54. The first-order valence-corrected chi connectivity index (χ1v) is 16.5. The number of H-pyrrole nitrogens is 1. The van der Waals surface area contributed by atoms with Crippen molar-refractivity contribution in [2.24, 2.45) is 5.92 Å². The number of aliphatic hydroxyl groups excluding tert-OH is 2. The van der Waals surface area contributed by atoms with Gasteiger partial charge in [0.15, 0.2) is 54.3 Å². The van der Waals surface area contributed by atoms with Crippen LogP contribution in [0.2, 0.25) is 0 Å². The molecular formula is C28H36BF2N10O9P. The molecule has 2 aliphatic rings. The molecule has 4 N–H and O–H groups in total. The van der Waals surface area contributed by atoms with Crippen LogP contribution in [-0.4, -0.2) is 126 Å². The zero-order valence-corrected chi connectivity index (χ0v) is 27.7. The number of aryl methyl sites for hydroxylation is 1. The molecule has 0 bridgehead atoms. The Balaban J connectivity index is 1.20. The van der Waals surface area contributed by atoms with Gasteiger partial charge < -0.3 is 24.5 Å². The first-order valence-electron chi connectivity index (χ1n) is 15.4. The summed E-state index contributed by atoms with van der Waals surface area (Å²) in [6, 6.07) is 0. The lowest BCUT2D eigenvalue weighted by Crippen LogP contribution is -2.36. The molecule has 51 heavy (non-hydrogen) atoms. The summed E-state index contributed by atoms with van der Waals surface area (Å²) in [6.07, 6.45) is -8.41. The van der Waals surface area contributed by atoms with Crippen LogP contribution >= 0.6 is 7.82 Å². The molecule has 4 aromatic heterocycles. The molecule has 0 aliphatic carbocycles. The van der Waals surface area contributed by atoms with Crippen LogP contribution in [0, 0.1) is 19.4 Å².